The van der Waals surface area contributed by atoms with Crippen molar-refractivity contribution in [3.8, 4) is 0 Å². The van der Waals surface area contributed by atoms with Gasteiger partial charge in [0.15, 0.2) is 0 Å². The largest absolute Gasteiger partial charge is 0.465 e. The van der Waals surface area contributed by atoms with Gasteiger partial charge >= 0.3 is 5.97 Å². The average Bonchev–Trinajstić information content (AvgIpc) is 2.64. The molecule has 1 fully saturated rings. The van der Waals surface area contributed by atoms with Crippen LogP contribution in [0.2, 0.25) is 0 Å². The molecular weight excluding hydrogens is 180 g/mol. The number of esters is 1. The number of hydrogen-bond acceptors (Lipinski definition) is 3. The molecule has 3 heteroatoms. The van der Waals surface area contributed by atoms with E-state index in [0.29, 0.717) is 18.6 Å². The number of hydrogen-bond donors (Lipinski definition) is 0. The minimum Gasteiger partial charge on any atom is -0.465 e. The molecule has 72 valence electrons. The van der Waals surface area contributed by atoms with Crippen LogP contribution in [-0.4, -0.2) is 18.9 Å². The Labute approximate surface area is 81.7 Å². The first-order valence-electron chi connectivity index (χ1n) is 4.53. The van der Waals surface area contributed by atoms with E-state index in [0.717, 1.165) is 11.8 Å². The van der Waals surface area contributed by atoms with Crippen molar-refractivity contribution in [2.45, 2.75) is 12.3 Å². The summed E-state index contributed by atoms with van der Waals surface area (Å²) in [4.78, 5) is 22.0. The lowest BCUT2D eigenvalue weighted by Crippen LogP contribution is -2.07. The summed E-state index contributed by atoms with van der Waals surface area (Å²) in [6.07, 6.45) is 1.45. The zero-order chi connectivity index (χ0) is 9.97. The number of ether oxygens (including phenoxy) is 1. The van der Waals surface area contributed by atoms with Crippen molar-refractivity contribution in [3.63, 3.8) is 0 Å². The molecule has 0 aliphatic carbocycles. The minimum absolute atomic E-state index is 0.223. The molecular formula is C11H10O3. The van der Waals surface area contributed by atoms with Gasteiger partial charge < -0.3 is 4.74 Å². The smallest absolute Gasteiger partial charge is 0.313 e. The predicted molar refractivity (Wildman–Crippen MR) is 50.1 cm³/mol. The molecule has 1 aliphatic heterocycles. The van der Waals surface area contributed by atoms with Crippen LogP contribution in [-0.2, 0) is 9.53 Å². The van der Waals surface area contributed by atoms with E-state index in [-0.39, 0.29) is 11.9 Å². The van der Waals surface area contributed by atoms with Gasteiger partial charge in [-0.3, -0.25) is 9.59 Å². The molecule has 0 spiro atoms. The summed E-state index contributed by atoms with van der Waals surface area (Å²) in [6.45, 7) is 0.455. The quantitative estimate of drug-likeness (QED) is 0.524. The fourth-order valence-electron chi connectivity index (χ4n) is 1.71. The van der Waals surface area contributed by atoms with Crippen LogP contribution in [0.5, 0.6) is 0 Å². The lowest BCUT2D eigenvalue weighted by Gasteiger charge is -2.07. The maximum absolute atomic E-state index is 11.3. The number of carbonyl (C=O) groups is 2. The van der Waals surface area contributed by atoms with Crippen LogP contribution in [0, 0.1) is 0 Å². The first-order chi connectivity index (χ1) is 6.83. The number of carbonyl (C=O) groups excluding carboxylic acids is 2. The molecule has 0 radical (unpaired) electrons. The molecule has 0 aromatic heterocycles. The van der Waals surface area contributed by atoms with Gasteiger partial charge in [0.05, 0.1) is 12.5 Å². The molecule has 0 amide bonds. The maximum atomic E-state index is 11.3. The summed E-state index contributed by atoms with van der Waals surface area (Å²) in [7, 11) is 0. The molecule has 1 aliphatic rings. The Morgan fingerprint density at radius 2 is 2.14 bits per heavy atom. The normalized spacial score (nSPS) is 20.6. The predicted octanol–water partition coefficient (Wildman–Crippen LogP) is 1.53. The Kier molecular flexibility index (Phi) is 2.31. The van der Waals surface area contributed by atoms with Gasteiger partial charge in [-0.2, -0.15) is 0 Å². The second-order valence-corrected chi connectivity index (χ2v) is 3.26. The number of aldehydes is 1. The topological polar surface area (TPSA) is 43.4 Å². The molecule has 3 nitrogen and oxygen atoms in total. The van der Waals surface area contributed by atoms with Gasteiger partial charge in [-0.25, -0.2) is 0 Å². The third-order valence-corrected chi connectivity index (χ3v) is 2.43. The van der Waals surface area contributed by atoms with Crippen LogP contribution in [0.15, 0.2) is 24.3 Å². The van der Waals surface area contributed by atoms with E-state index in [1.165, 1.54) is 0 Å². The molecule has 1 unspecified atom stereocenters. The van der Waals surface area contributed by atoms with Crippen molar-refractivity contribution >= 4 is 12.3 Å². The molecule has 0 saturated carbocycles. The van der Waals surface area contributed by atoms with Crippen LogP contribution >= 0.6 is 0 Å². The van der Waals surface area contributed by atoms with Gasteiger partial charge in [-0.15, -0.1) is 0 Å². The summed E-state index contributed by atoms with van der Waals surface area (Å²) < 4.78 is 4.86. The Morgan fingerprint density at radius 1 is 1.36 bits per heavy atom. The standard InChI is InChI=1S/C11H10O3/c12-7-8-3-1-2-4-9(8)10-5-6-14-11(10)13/h1-4,7,10H,5-6H2. The van der Waals surface area contributed by atoms with Crippen molar-refractivity contribution in [2.24, 2.45) is 0 Å². The Hall–Kier alpha value is -1.64. The van der Waals surface area contributed by atoms with E-state index in [1.807, 2.05) is 6.07 Å². The monoisotopic (exact) mass is 190 g/mol. The van der Waals surface area contributed by atoms with Crippen molar-refractivity contribution in [1.82, 2.24) is 0 Å². The van der Waals surface area contributed by atoms with Crippen LogP contribution < -0.4 is 0 Å². The highest BCUT2D eigenvalue weighted by atomic mass is 16.5. The molecule has 14 heavy (non-hydrogen) atoms. The highest BCUT2D eigenvalue weighted by Gasteiger charge is 2.29. The van der Waals surface area contributed by atoms with Gasteiger partial charge in [0.1, 0.15) is 6.29 Å². The van der Waals surface area contributed by atoms with E-state index >= 15 is 0 Å². The Morgan fingerprint density at radius 3 is 2.79 bits per heavy atom. The highest BCUT2D eigenvalue weighted by molar-refractivity contribution is 5.85. The number of cyclic esters (lactones) is 1. The third kappa shape index (κ3) is 1.41. The molecule has 1 aromatic carbocycles. The zero-order valence-electron chi connectivity index (χ0n) is 7.60. The van der Waals surface area contributed by atoms with Gasteiger partial charge in [0.2, 0.25) is 0 Å². The summed E-state index contributed by atoms with van der Waals surface area (Å²) in [5, 5.41) is 0. The lowest BCUT2D eigenvalue weighted by molar-refractivity contribution is -0.139. The minimum atomic E-state index is -0.253. The first kappa shape index (κ1) is 8.94. The van der Waals surface area contributed by atoms with E-state index < -0.39 is 0 Å². The molecule has 1 aromatic rings. The maximum Gasteiger partial charge on any atom is 0.313 e. The molecule has 2 rings (SSSR count). The van der Waals surface area contributed by atoms with Crippen molar-refractivity contribution in [2.75, 3.05) is 6.61 Å². The molecule has 1 heterocycles. The Balaban J connectivity index is 2.39. The van der Waals surface area contributed by atoms with E-state index in [4.69, 9.17) is 4.74 Å². The van der Waals surface area contributed by atoms with Crippen LogP contribution in [0.1, 0.15) is 28.3 Å². The number of rotatable bonds is 2. The van der Waals surface area contributed by atoms with Gasteiger partial charge in [0, 0.05) is 5.56 Å². The summed E-state index contributed by atoms with van der Waals surface area (Å²) in [5.41, 5.74) is 1.36. The first-order valence-corrected chi connectivity index (χ1v) is 4.53. The highest BCUT2D eigenvalue weighted by Crippen LogP contribution is 2.28. The van der Waals surface area contributed by atoms with Crippen molar-refractivity contribution in [1.29, 1.82) is 0 Å². The lowest BCUT2D eigenvalue weighted by atomic mass is 9.94. The second-order valence-electron chi connectivity index (χ2n) is 3.26. The molecule has 0 bridgehead atoms. The zero-order valence-corrected chi connectivity index (χ0v) is 7.60. The summed E-state index contributed by atoms with van der Waals surface area (Å²) in [5.74, 6) is -0.476. The summed E-state index contributed by atoms with van der Waals surface area (Å²) in [6, 6.07) is 7.14. The fourth-order valence-corrected chi connectivity index (χ4v) is 1.71. The SMILES string of the molecule is O=Cc1ccccc1C1CCOC1=O. The van der Waals surface area contributed by atoms with Crippen LogP contribution in [0.3, 0.4) is 0 Å². The van der Waals surface area contributed by atoms with Crippen molar-refractivity contribution < 1.29 is 14.3 Å². The van der Waals surface area contributed by atoms with Crippen molar-refractivity contribution in [3.05, 3.63) is 35.4 Å². The second kappa shape index (κ2) is 3.62. The third-order valence-electron chi connectivity index (χ3n) is 2.43. The molecule has 0 N–H and O–H groups in total. The van der Waals surface area contributed by atoms with E-state index in [9.17, 15) is 9.59 Å². The summed E-state index contributed by atoms with van der Waals surface area (Å²) >= 11 is 0. The van der Waals surface area contributed by atoms with Crippen LogP contribution in [0.25, 0.3) is 0 Å². The average molecular weight is 190 g/mol. The van der Waals surface area contributed by atoms with E-state index in [1.54, 1.807) is 18.2 Å². The van der Waals surface area contributed by atoms with Crippen LogP contribution in [0.4, 0.5) is 0 Å². The Bertz CT molecular complexity index is 371. The number of benzene rings is 1. The molecule has 1 atom stereocenters. The fraction of sp³-hybridized carbons (Fsp3) is 0.273. The van der Waals surface area contributed by atoms with Gasteiger partial charge in [-0.1, -0.05) is 24.3 Å². The van der Waals surface area contributed by atoms with E-state index in [2.05, 4.69) is 0 Å². The van der Waals surface area contributed by atoms with Gasteiger partial charge in [0.25, 0.3) is 0 Å². The van der Waals surface area contributed by atoms with Gasteiger partial charge in [-0.05, 0) is 12.0 Å². The molecule has 1 saturated heterocycles.